The molecule has 1 unspecified atom stereocenters. The van der Waals surface area contributed by atoms with Crippen LogP contribution in [0.3, 0.4) is 0 Å². The molecular formula is C27H49N. The van der Waals surface area contributed by atoms with Gasteiger partial charge in [0.25, 0.3) is 0 Å². The fraction of sp³-hybridized carbons (Fsp3) is 0.963. The summed E-state index contributed by atoms with van der Waals surface area (Å²) in [5, 5.41) is 9.84. The van der Waals surface area contributed by atoms with Gasteiger partial charge in [0.15, 0.2) is 0 Å². The average Bonchev–Trinajstić information content (AvgIpc) is 2.74. The van der Waals surface area contributed by atoms with E-state index in [2.05, 4.69) is 19.9 Å². The van der Waals surface area contributed by atoms with Gasteiger partial charge in [0.1, 0.15) is 0 Å². The Hall–Kier alpha value is -0.510. The van der Waals surface area contributed by atoms with Gasteiger partial charge >= 0.3 is 0 Å². The molecule has 2 aliphatic rings. The highest BCUT2D eigenvalue weighted by Gasteiger charge is 2.30. The first-order valence-corrected chi connectivity index (χ1v) is 13.2. The van der Waals surface area contributed by atoms with E-state index in [-0.39, 0.29) is 0 Å². The van der Waals surface area contributed by atoms with Crippen LogP contribution < -0.4 is 0 Å². The Bertz CT molecular complexity index is 406. The lowest BCUT2D eigenvalue weighted by molar-refractivity contribution is 0.177. The second-order valence-corrected chi connectivity index (χ2v) is 10.3. The molecule has 0 aromatic rings. The van der Waals surface area contributed by atoms with Crippen molar-refractivity contribution in [1.29, 1.82) is 5.26 Å². The fourth-order valence-electron chi connectivity index (χ4n) is 6.06. The van der Waals surface area contributed by atoms with Crippen molar-refractivity contribution < 1.29 is 0 Å². The zero-order chi connectivity index (χ0) is 20.0. The Labute approximate surface area is 177 Å². The first kappa shape index (κ1) is 23.8. The normalized spacial score (nSPS) is 29.3. The molecule has 2 saturated carbocycles. The maximum absolute atomic E-state index is 9.84. The van der Waals surface area contributed by atoms with Crippen molar-refractivity contribution in [2.24, 2.45) is 29.6 Å². The van der Waals surface area contributed by atoms with Crippen LogP contribution in [0.1, 0.15) is 136 Å². The van der Waals surface area contributed by atoms with E-state index in [1.165, 1.54) is 122 Å². The van der Waals surface area contributed by atoms with Crippen molar-refractivity contribution in [3.05, 3.63) is 0 Å². The predicted molar refractivity (Wildman–Crippen MR) is 122 cm³/mol. The zero-order valence-electron chi connectivity index (χ0n) is 19.3. The van der Waals surface area contributed by atoms with E-state index < -0.39 is 0 Å². The van der Waals surface area contributed by atoms with Crippen LogP contribution in [0, 0.1) is 40.9 Å². The number of nitrogens with zero attached hydrogens (tertiary/aromatic N) is 1. The van der Waals surface area contributed by atoms with Gasteiger partial charge in [0.2, 0.25) is 0 Å². The van der Waals surface area contributed by atoms with Gasteiger partial charge in [-0.15, -0.1) is 0 Å². The molecular weight excluding hydrogens is 338 g/mol. The summed E-state index contributed by atoms with van der Waals surface area (Å²) in [6, 6.07) is 2.75. The Morgan fingerprint density at radius 2 is 1.11 bits per heavy atom. The van der Waals surface area contributed by atoms with E-state index in [0.717, 1.165) is 17.8 Å². The van der Waals surface area contributed by atoms with E-state index in [9.17, 15) is 5.26 Å². The minimum absolute atomic E-state index is 0.354. The van der Waals surface area contributed by atoms with Crippen LogP contribution in [0.5, 0.6) is 0 Å². The Morgan fingerprint density at radius 1 is 0.643 bits per heavy atom. The third-order valence-electron chi connectivity index (χ3n) is 8.11. The molecule has 0 amide bonds. The number of hydrogen-bond acceptors (Lipinski definition) is 1. The lowest BCUT2D eigenvalue weighted by Crippen LogP contribution is -2.24. The summed E-state index contributed by atoms with van der Waals surface area (Å²) < 4.78 is 0. The molecule has 1 heteroatoms. The molecule has 2 aliphatic carbocycles. The second kappa shape index (κ2) is 14.5. The van der Waals surface area contributed by atoms with Crippen molar-refractivity contribution in [3.8, 4) is 6.07 Å². The van der Waals surface area contributed by atoms with Crippen LogP contribution in [-0.2, 0) is 0 Å². The van der Waals surface area contributed by atoms with Crippen LogP contribution in [0.25, 0.3) is 0 Å². The van der Waals surface area contributed by atoms with Crippen LogP contribution >= 0.6 is 0 Å². The number of hydrogen-bond donors (Lipinski definition) is 0. The molecule has 0 aromatic heterocycles. The van der Waals surface area contributed by atoms with E-state index in [1.54, 1.807) is 0 Å². The molecule has 0 bridgehead atoms. The molecule has 0 radical (unpaired) electrons. The summed E-state index contributed by atoms with van der Waals surface area (Å²) in [7, 11) is 0. The quantitative estimate of drug-likeness (QED) is 0.289. The number of nitriles is 1. The average molecular weight is 388 g/mol. The topological polar surface area (TPSA) is 23.8 Å². The monoisotopic (exact) mass is 387 g/mol. The molecule has 0 aromatic carbocycles. The number of unbranched alkanes of at least 4 members (excludes halogenated alkanes) is 6. The second-order valence-electron chi connectivity index (χ2n) is 10.3. The molecule has 0 aliphatic heterocycles. The fourth-order valence-corrected chi connectivity index (χ4v) is 6.06. The van der Waals surface area contributed by atoms with Gasteiger partial charge in [-0.05, 0) is 42.9 Å². The SMILES string of the molecule is CCCCCCC1CCC(CC(C#N)C2CCC(CCCCCC)CC2)CC1. The molecule has 0 heterocycles. The third-order valence-corrected chi connectivity index (χ3v) is 8.11. The van der Waals surface area contributed by atoms with Gasteiger partial charge in [0.05, 0.1) is 6.07 Å². The van der Waals surface area contributed by atoms with Gasteiger partial charge < -0.3 is 0 Å². The van der Waals surface area contributed by atoms with E-state index in [4.69, 9.17) is 0 Å². The molecule has 1 atom stereocenters. The molecule has 0 saturated heterocycles. The zero-order valence-corrected chi connectivity index (χ0v) is 19.3. The van der Waals surface area contributed by atoms with Gasteiger partial charge in [0, 0.05) is 5.92 Å². The van der Waals surface area contributed by atoms with Gasteiger partial charge in [-0.2, -0.15) is 5.26 Å². The van der Waals surface area contributed by atoms with Crippen LogP contribution in [0.4, 0.5) is 0 Å². The molecule has 1 nitrogen and oxygen atoms in total. The maximum Gasteiger partial charge on any atom is 0.0658 e. The molecule has 28 heavy (non-hydrogen) atoms. The lowest BCUT2D eigenvalue weighted by Gasteiger charge is -2.34. The van der Waals surface area contributed by atoms with Crippen molar-refractivity contribution in [2.75, 3.05) is 0 Å². The molecule has 0 spiro atoms. The van der Waals surface area contributed by atoms with Crippen LogP contribution in [-0.4, -0.2) is 0 Å². The summed E-state index contributed by atoms with van der Waals surface area (Å²) in [5.74, 6) is 3.88. The van der Waals surface area contributed by atoms with Crippen molar-refractivity contribution in [2.45, 2.75) is 136 Å². The highest BCUT2D eigenvalue weighted by Crippen LogP contribution is 2.41. The Balaban J connectivity index is 1.61. The van der Waals surface area contributed by atoms with Gasteiger partial charge in [-0.25, -0.2) is 0 Å². The predicted octanol–water partition coefficient (Wildman–Crippen LogP) is 9.07. The lowest BCUT2D eigenvalue weighted by atomic mass is 9.70. The highest BCUT2D eigenvalue weighted by atomic mass is 14.4. The largest absolute Gasteiger partial charge is 0.198 e. The van der Waals surface area contributed by atoms with Gasteiger partial charge in [-0.1, -0.05) is 117 Å². The standard InChI is InChI=1S/C27H49N/c1-3-5-7-9-11-23-13-15-25(16-14-23)21-27(22-28)26-19-17-24(18-20-26)12-10-8-6-4-2/h23-27H,3-21H2,1-2H3. The number of rotatable bonds is 13. The molecule has 2 fully saturated rings. The van der Waals surface area contributed by atoms with Crippen LogP contribution in [0.2, 0.25) is 0 Å². The smallest absolute Gasteiger partial charge is 0.0658 e. The van der Waals surface area contributed by atoms with Crippen molar-refractivity contribution in [1.82, 2.24) is 0 Å². The summed E-state index contributed by atoms with van der Waals surface area (Å²) in [4.78, 5) is 0. The highest BCUT2D eigenvalue weighted by molar-refractivity contribution is 4.92. The molecule has 0 N–H and O–H groups in total. The Kier molecular flexibility index (Phi) is 12.3. The van der Waals surface area contributed by atoms with Crippen molar-refractivity contribution >= 4 is 0 Å². The first-order chi connectivity index (χ1) is 13.8. The molecule has 162 valence electrons. The summed E-state index contributed by atoms with van der Waals surface area (Å²) >= 11 is 0. The van der Waals surface area contributed by atoms with E-state index >= 15 is 0 Å². The van der Waals surface area contributed by atoms with E-state index in [1.807, 2.05) is 0 Å². The minimum atomic E-state index is 0.354. The Morgan fingerprint density at radius 3 is 1.57 bits per heavy atom. The third kappa shape index (κ3) is 8.88. The van der Waals surface area contributed by atoms with Gasteiger partial charge in [-0.3, -0.25) is 0 Å². The minimum Gasteiger partial charge on any atom is -0.198 e. The summed E-state index contributed by atoms with van der Waals surface area (Å²) in [5.41, 5.74) is 0. The van der Waals surface area contributed by atoms with Crippen LogP contribution in [0.15, 0.2) is 0 Å². The summed E-state index contributed by atoms with van der Waals surface area (Å²) in [6.45, 7) is 4.60. The maximum atomic E-state index is 9.84. The van der Waals surface area contributed by atoms with Crippen molar-refractivity contribution in [3.63, 3.8) is 0 Å². The first-order valence-electron chi connectivity index (χ1n) is 13.2. The summed E-state index contributed by atoms with van der Waals surface area (Å²) in [6.07, 6.45) is 26.6. The molecule has 2 rings (SSSR count). The van der Waals surface area contributed by atoms with E-state index in [0.29, 0.717) is 11.8 Å².